The second kappa shape index (κ2) is 32.8. The van der Waals surface area contributed by atoms with Crippen molar-refractivity contribution < 1.29 is 92.7 Å². The normalized spacial score (nSPS) is 14.5. The zero-order chi connectivity index (χ0) is 58.9. The van der Waals surface area contributed by atoms with Gasteiger partial charge in [0.25, 0.3) is 0 Å². The Hall–Kier alpha value is -8.44. The van der Waals surface area contributed by atoms with Crippen LogP contribution in [0.5, 0.6) is 5.75 Å². The number of aromatic hydroxyl groups is 1. The summed E-state index contributed by atoms with van der Waals surface area (Å²) in [6.07, 6.45) is -5.58. The third kappa shape index (κ3) is 26.6. The van der Waals surface area contributed by atoms with E-state index in [1.807, 2.05) is 0 Å². The van der Waals surface area contributed by atoms with Gasteiger partial charge in [-0.05, 0) is 68.6 Å². The lowest BCUT2D eigenvalue weighted by atomic mass is 10.00. The molecule has 0 fully saturated rings. The predicted molar refractivity (Wildman–Crippen MR) is 266 cm³/mol. The maximum Gasteiger partial charge on any atom is 0.326 e. The van der Waals surface area contributed by atoms with Crippen LogP contribution in [0.2, 0.25) is 0 Å². The van der Waals surface area contributed by atoms with Gasteiger partial charge in [-0.3, -0.25) is 62.3 Å². The van der Waals surface area contributed by atoms with Crippen molar-refractivity contribution in [1.29, 1.82) is 0 Å². The fourth-order valence-corrected chi connectivity index (χ4v) is 7.08. The molecule has 77 heavy (non-hydrogen) atoms. The summed E-state index contributed by atoms with van der Waals surface area (Å²) in [5.41, 5.74) is 16.5. The van der Waals surface area contributed by atoms with Crippen LogP contribution in [0.25, 0.3) is 0 Å². The third-order valence-corrected chi connectivity index (χ3v) is 11.1. The number of carbonyl (C=O) groups is 14. The van der Waals surface area contributed by atoms with Crippen LogP contribution in [-0.2, 0) is 73.5 Å². The third-order valence-electron chi connectivity index (χ3n) is 11.1. The van der Waals surface area contributed by atoms with Crippen LogP contribution < -0.4 is 59.7 Å². The highest BCUT2D eigenvalue weighted by Crippen LogP contribution is 2.14. The number of benzene rings is 1. The molecule has 19 N–H and O–H groups in total. The number of carboxylic acids is 4. The van der Waals surface area contributed by atoms with Crippen molar-refractivity contribution in [3.8, 4) is 5.75 Å². The molecule has 1 aromatic carbocycles. The maximum absolute atomic E-state index is 14.2. The molecule has 428 valence electrons. The van der Waals surface area contributed by atoms with Gasteiger partial charge in [-0.25, -0.2) is 4.79 Å². The summed E-state index contributed by atoms with van der Waals surface area (Å²) in [5.74, 6) is -17.6. The number of primary amides is 2. The van der Waals surface area contributed by atoms with Gasteiger partial charge in [0, 0.05) is 25.7 Å². The molecule has 0 unspecified atom stereocenters. The SMILES string of the molecule is CC(C)C[C@H](NC(=O)[C@H](Cc1ccc(O)cc1)NC(=O)[C@H](C)NC(=O)[C@H](CC(=O)O)NC(=O)[C@H](CC(C)C)NC(=O)[C@@H](N)CCC(=O)O)C(=O)N[C@@H](CCC(=O)O)C(=O)N[C@@H](CC(N)=O)C(=O)N[C@@H](CCC(N)=O)C(=O)O. The van der Waals surface area contributed by atoms with E-state index in [4.69, 9.17) is 22.3 Å². The minimum Gasteiger partial charge on any atom is -0.508 e. The van der Waals surface area contributed by atoms with E-state index in [9.17, 15) is 87.5 Å². The Morgan fingerprint density at radius 1 is 0.429 bits per heavy atom. The Balaban J connectivity index is 3.51. The van der Waals surface area contributed by atoms with E-state index in [1.165, 1.54) is 24.3 Å². The molecule has 0 aliphatic heterocycles. The molecule has 0 saturated heterocycles. The van der Waals surface area contributed by atoms with Crippen LogP contribution in [-0.4, -0.2) is 163 Å². The standard InChI is InChI=1S/C47H71N11O19/c1-21(2)16-29(55-40(69)26(48)10-14-36(62)63)44(73)58-33(20-38(66)67)42(71)51-23(5)39(68)54-31(18-24-6-8-25(59)9-7-24)45(74)56-30(17-22(3)4)43(72)52-27(12-15-37(64)65)41(70)57-32(19-35(50)61)46(75)53-28(47(76)77)11-13-34(49)60/h6-9,21-23,26-33,59H,10-20,48H2,1-5H3,(H2,49,60)(H2,50,61)(H,51,71)(H,52,72)(H,53,75)(H,54,68)(H,55,69)(H,56,74)(H,57,70)(H,58,73)(H,62,63)(H,64,65)(H,66,67)(H,76,77)/t23-,26-,27-,28-,29-,30-,31-,32-,33-/m0/s1. The lowest BCUT2D eigenvalue weighted by Gasteiger charge is -2.28. The van der Waals surface area contributed by atoms with Crippen LogP contribution in [0, 0.1) is 11.8 Å². The lowest BCUT2D eigenvalue weighted by Crippen LogP contribution is -2.60. The highest BCUT2D eigenvalue weighted by atomic mass is 16.4. The Morgan fingerprint density at radius 2 is 0.818 bits per heavy atom. The Kier molecular flexibility index (Phi) is 28.3. The molecule has 30 heteroatoms. The number of phenols is 1. The monoisotopic (exact) mass is 1090 g/mol. The van der Waals surface area contributed by atoms with Crippen molar-refractivity contribution >= 4 is 82.9 Å². The molecule has 30 nitrogen and oxygen atoms in total. The van der Waals surface area contributed by atoms with E-state index >= 15 is 0 Å². The molecule has 9 atom stereocenters. The number of aliphatic carboxylic acids is 4. The van der Waals surface area contributed by atoms with Crippen molar-refractivity contribution in [3.05, 3.63) is 29.8 Å². The van der Waals surface area contributed by atoms with Gasteiger partial charge in [0.15, 0.2) is 0 Å². The van der Waals surface area contributed by atoms with Gasteiger partial charge >= 0.3 is 23.9 Å². The van der Waals surface area contributed by atoms with Gasteiger partial charge in [0.05, 0.1) is 18.9 Å². The Morgan fingerprint density at radius 3 is 1.29 bits per heavy atom. The summed E-state index contributed by atoms with van der Waals surface area (Å²) >= 11 is 0. The predicted octanol–water partition coefficient (Wildman–Crippen LogP) is -4.32. The molecular formula is C47H71N11O19. The number of carboxylic acid groups (broad SMARTS) is 4. The van der Waals surface area contributed by atoms with Gasteiger partial charge in [-0.2, -0.15) is 0 Å². The first-order chi connectivity index (χ1) is 35.8. The van der Waals surface area contributed by atoms with E-state index in [0.717, 1.165) is 6.92 Å². The van der Waals surface area contributed by atoms with Crippen LogP contribution in [0.1, 0.15) is 104 Å². The average molecular weight is 1090 g/mol. The largest absolute Gasteiger partial charge is 0.508 e. The van der Waals surface area contributed by atoms with Gasteiger partial charge in [0.2, 0.25) is 59.1 Å². The zero-order valence-electron chi connectivity index (χ0n) is 43.1. The summed E-state index contributed by atoms with van der Waals surface area (Å²) in [7, 11) is 0. The van der Waals surface area contributed by atoms with E-state index < -0.39 is 188 Å². The summed E-state index contributed by atoms with van der Waals surface area (Å²) < 4.78 is 0. The quantitative estimate of drug-likeness (QED) is 0.0302. The molecule has 0 aliphatic rings. The second-order valence-corrected chi connectivity index (χ2v) is 18.9. The van der Waals surface area contributed by atoms with Gasteiger partial charge in [-0.15, -0.1) is 0 Å². The number of hydrogen-bond acceptors (Lipinski definition) is 16. The van der Waals surface area contributed by atoms with Crippen molar-refractivity contribution in [2.45, 2.75) is 160 Å². The van der Waals surface area contributed by atoms with Crippen LogP contribution in [0.15, 0.2) is 24.3 Å². The van der Waals surface area contributed by atoms with E-state index in [2.05, 4.69) is 42.5 Å². The van der Waals surface area contributed by atoms with Crippen molar-refractivity contribution in [3.63, 3.8) is 0 Å². The lowest BCUT2D eigenvalue weighted by molar-refractivity contribution is -0.143. The fraction of sp³-hybridized carbons (Fsp3) is 0.574. The first-order valence-corrected chi connectivity index (χ1v) is 24.2. The minimum atomic E-state index is -1.89. The number of hydrogen-bond donors (Lipinski definition) is 16. The number of nitrogens with two attached hydrogens (primary N) is 3. The van der Waals surface area contributed by atoms with Gasteiger partial charge < -0.3 is 85.3 Å². The molecular weight excluding hydrogens is 1020 g/mol. The number of rotatable bonds is 36. The summed E-state index contributed by atoms with van der Waals surface area (Å²) in [5, 5.41) is 65.9. The van der Waals surface area contributed by atoms with E-state index in [1.54, 1.807) is 27.7 Å². The average Bonchev–Trinajstić information content (AvgIpc) is 3.31. The van der Waals surface area contributed by atoms with Crippen LogP contribution in [0.4, 0.5) is 0 Å². The van der Waals surface area contributed by atoms with Gasteiger partial charge in [0.1, 0.15) is 54.1 Å². The molecule has 0 heterocycles. The highest BCUT2D eigenvalue weighted by molar-refractivity contribution is 5.99. The zero-order valence-corrected chi connectivity index (χ0v) is 43.1. The summed E-state index contributed by atoms with van der Waals surface area (Å²) in [6, 6.07) is -9.44. The molecule has 0 radical (unpaired) electrons. The first-order valence-electron chi connectivity index (χ1n) is 24.2. The molecule has 1 aromatic rings. The number of carbonyl (C=O) groups excluding carboxylic acids is 10. The van der Waals surface area contributed by atoms with Crippen LogP contribution in [0.3, 0.4) is 0 Å². The van der Waals surface area contributed by atoms with Crippen molar-refractivity contribution in [2.24, 2.45) is 29.0 Å². The fourth-order valence-electron chi connectivity index (χ4n) is 7.08. The van der Waals surface area contributed by atoms with Crippen molar-refractivity contribution in [1.82, 2.24) is 42.5 Å². The Bertz CT molecular complexity index is 2310. The molecule has 0 spiro atoms. The topological polar surface area (TPSA) is 514 Å². The van der Waals surface area contributed by atoms with Gasteiger partial charge in [-0.1, -0.05) is 39.8 Å². The minimum absolute atomic E-state index is 0.0340. The van der Waals surface area contributed by atoms with Crippen LogP contribution >= 0.6 is 0 Å². The summed E-state index contributed by atoms with van der Waals surface area (Å²) in [4.78, 5) is 178. The second-order valence-electron chi connectivity index (χ2n) is 18.9. The highest BCUT2D eigenvalue weighted by Gasteiger charge is 2.36. The van der Waals surface area contributed by atoms with E-state index in [-0.39, 0.29) is 37.4 Å². The number of phenolic OH excluding ortho intramolecular Hbond substituents is 1. The molecule has 0 aliphatic carbocycles. The molecule has 0 saturated carbocycles. The first kappa shape index (κ1) is 66.6. The molecule has 0 bridgehead atoms. The smallest absolute Gasteiger partial charge is 0.326 e. The number of nitrogens with one attached hydrogen (secondary N) is 8. The Labute approximate surface area is 441 Å². The van der Waals surface area contributed by atoms with E-state index in [0.29, 0.717) is 5.56 Å². The molecule has 0 aromatic heterocycles. The molecule has 1 rings (SSSR count). The summed E-state index contributed by atoms with van der Waals surface area (Å²) in [6.45, 7) is 7.81. The molecule has 10 amide bonds. The number of amides is 10. The maximum atomic E-state index is 14.2. The van der Waals surface area contributed by atoms with Crippen molar-refractivity contribution in [2.75, 3.05) is 0 Å².